The van der Waals surface area contributed by atoms with Crippen molar-refractivity contribution in [1.82, 2.24) is 4.98 Å². The Morgan fingerprint density at radius 2 is 2.33 bits per heavy atom. The molecule has 1 fully saturated rings. The van der Waals surface area contributed by atoms with Crippen molar-refractivity contribution in [2.24, 2.45) is 11.7 Å². The van der Waals surface area contributed by atoms with E-state index in [-0.39, 0.29) is 5.54 Å². The maximum absolute atomic E-state index is 6.46. The van der Waals surface area contributed by atoms with Crippen molar-refractivity contribution in [3.63, 3.8) is 0 Å². The minimum Gasteiger partial charge on any atom is -0.321 e. The number of nitrogens with two attached hydrogens (primary N) is 1. The maximum atomic E-state index is 6.46. The molecule has 2 heteroatoms. The van der Waals surface area contributed by atoms with Crippen LogP contribution in [0.15, 0.2) is 18.3 Å². The molecule has 0 spiro atoms. The first kappa shape index (κ1) is 10.6. The fraction of sp³-hybridized carbons (Fsp3) is 0.615. The van der Waals surface area contributed by atoms with E-state index in [9.17, 15) is 0 Å². The third-order valence-corrected chi connectivity index (χ3v) is 3.72. The highest BCUT2D eigenvalue weighted by Crippen LogP contribution is 2.41. The zero-order chi connectivity index (χ0) is 10.9. The molecule has 1 aliphatic rings. The van der Waals surface area contributed by atoms with E-state index in [1.807, 2.05) is 13.1 Å². The zero-order valence-corrected chi connectivity index (χ0v) is 9.66. The highest BCUT2D eigenvalue weighted by molar-refractivity contribution is 5.23. The molecule has 0 amide bonds. The summed E-state index contributed by atoms with van der Waals surface area (Å²) in [5.41, 5.74) is 8.62. The first-order chi connectivity index (χ1) is 7.14. The Hall–Kier alpha value is -0.890. The lowest BCUT2D eigenvalue weighted by Crippen LogP contribution is -2.33. The molecule has 1 aromatic rings. The van der Waals surface area contributed by atoms with Crippen molar-refractivity contribution in [3.05, 3.63) is 29.6 Å². The van der Waals surface area contributed by atoms with Gasteiger partial charge in [-0.1, -0.05) is 19.4 Å². The van der Waals surface area contributed by atoms with Crippen molar-refractivity contribution >= 4 is 0 Å². The number of rotatable bonds is 2. The van der Waals surface area contributed by atoms with E-state index in [1.54, 1.807) is 0 Å². The molecule has 0 radical (unpaired) electrons. The molecule has 82 valence electrons. The van der Waals surface area contributed by atoms with Gasteiger partial charge in [0.15, 0.2) is 0 Å². The standard InChI is InChI=1S/C13H20N2/c1-3-11-6-7-13(14,8-11)12-5-4-10(2)15-9-12/h4-5,9,11H,3,6-8,14H2,1-2H3. The van der Waals surface area contributed by atoms with E-state index in [4.69, 9.17) is 5.73 Å². The van der Waals surface area contributed by atoms with Gasteiger partial charge in [-0.05, 0) is 43.7 Å². The molecular formula is C13H20N2. The average Bonchev–Trinajstić information content (AvgIpc) is 2.62. The largest absolute Gasteiger partial charge is 0.321 e. The van der Waals surface area contributed by atoms with E-state index < -0.39 is 0 Å². The second-order valence-electron chi connectivity index (χ2n) is 4.86. The summed E-state index contributed by atoms with van der Waals surface area (Å²) in [7, 11) is 0. The number of aromatic nitrogens is 1. The molecule has 2 rings (SSSR count). The van der Waals surface area contributed by atoms with Crippen LogP contribution in [0.2, 0.25) is 0 Å². The van der Waals surface area contributed by atoms with Crippen LogP contribution in [0.25, 0.3) is 0 Å². The summed E-state index contributed by atoms with van der Waals surface area (Å²) in [5.74, 6) is 0.802. The second-order valence-corrected chi connectivity index (χ2v) is 4.86. The van der Waals surface area contributed by atoms with Crippen molar-refractivity contribution in [2.45, 2.75) is 45.1 Å². The summed E-state index contributed by atoms with van der Waals surface area (Å²) in [6, 6.07) is 4.20. The van der Waals surface area contributed by atoms with Crippen LogP contribution in [0.4, 0.5) is 0 Å². The van der Waals surface area contributed by atoms with Crippen LogP contribution < -0.4 is 5.73 Å². The van der Waals surface area contributed by atoms with Gasteiger partial charge in [0.05, 0.1) is 0 Å². The molecule has 0 aromatic carbocycles. The molecule has 2 nitrogen and oxygen atoms in total. The number of nitrogens with zero attached hydrogens (tertiary/aromatic N) is 1. The van der Waals surface area contributed by atoms with Gasteiger partial charge in [0.25, 0.3) is 0 Å². The minimum atomic E-state index is -0.110. The van der Waals surface area contributed by atoms with E-state index in [1.165, 1.54) is 18.4 Å². The predicted octanol–water partition coefficient (Wildman–Crippen LogP) is 2.75. The molecular weight excluding hydrogens is 184 g/mol. The Labute approximate surface area is 91.9 Å². The lowest BCUT2D eigenvalue weighted by molar-refractivity contribution is 0.423. The molecule has 15 heavy (non-hydrogen) atoms. The molecule has 1 heterocycles. The van der Waals surface area contributed by atoms with Gasteiger partial charge in [0.1, 0.15) is 0 Å². The number of pyridine rings is 1. The molecule has 0 bridgehead atoms. The van der Waals surface area contributed by atoms with Crippen molar-refractivity contribution in [1.29, 1.82) is 0 Å². The van der Waals surface area contributed by atoms with Crippen LogP contribution in [0, 0.1) is 12.8 Å². The van der Waals surface area contributed by atoms with Gasteiger partial charge in [-0.3, -0.25) is 4.98 Å². The highest BCUT2D eigenvalue weighted by atomic mass is 14.8. The van der Waals surface area contributed by atoms with Crippen LogP contribution in [-0.4, -0.2) is 4.98 Å². The summed E-state index contributed by atoms with van der Waals surface area (Å²) in [6.07, 6.45) is 6.69. The first-order valence-corrected chi connectivity index (χ1v) is 5.86. The van der Waals surface area contributed by atoms with Crippen LogP contribution >= 0.6 is 0 Å². The molecule has 2 N–H and O–H groups in total. The minimum absolute atomic E-state index is 0.110. The molecule has 0 saturated heterocycles. The number of hydrogen-bond acceptors (Lipinski definition) is 2. The van der Waals surface area contributed by atoms with Gasteiger partial charge >= 0.3 is 0 Å². The fourth-order valence-corrected chi connectivity index (χ4v) is 2.55. The van der Waals surface area contributed by atoms with Crippen molar-refractivity contribution < 1.29 is 0 Å². The van der Waals surface area contributed by atoms with Crippen LogP contribution in [0.5, 0.6) is 0 Å². The zero-order valence-electron chi connectivity index (χ0n) is 9.66. The van der Waals surface area contributed by atoms with Crippen LogP contribution in [0.1, 0.15) is 43.9 Å². The summed E-state index contributed by atoms with van der Waals surface area (Å²) >= 11 is 0. The smallest absolute Gasteiger partial charge is 0.0427 e. The lowest BCUT2D eigenvalue weighted by Gasteiger charge is -2.24. The van der Waals surface area contributed by atoms with Gasteiger partial charge in [-0.25, -0.2) is 0 Å². The second kappa shape index (κ2) is 3.93. The Bertz CT molecular complexity index is 331. The fourth-order valence-electron chi connectivity index (χ4n) is 2.55. The topological polar surface area (TPSA) is 38.9 Å². The molecule has 1 aromatic heterocycles. The molecule has 1 saturated carbocycles. The average molecular weight is 204 g/mol. The van der Waals surface area contributed by atoms with Gasteiger partial charge in [0.2, 0.25) is 0 Å². The molecule has 1 aliphatic carbocycles. The number of hydrogen-bond donors (Lipinski definition) is 1. The highest BCUT2D eigenvalue weighted by Gasteiger charge is 2.36. The Balaban J connectivity index is 2.20. The monoisotopic (exact) mass is 204 g/mol. The van der Waals surface area contributed by atoms with Crippen molar-refractivity contribution in [2.75, 3.05) is 0 Å². The van der Waals surface area contributed by atoms with E-state index in [0.717, 1.165) is 24.5 Å². The van der Waals surface area contributed by atoms with Crippen molar-refractivity contribution in [3.8, 4) is 0 Å². The maximum Gasteiger partial charge on any atom is 0.0427 e. The van der Waals surface area contributed by atoms with E-state index in [0.29, 0.717) is 0 Å². The van der Waals surface area contributed by atoms with Crippen LogP contribution in [0.3, 0.4) is 0 Å². The van der Waals surface area contributed by atoms with Gasteiger partial charge < -0.3 is 5.73 Å². The van der Waals surface area contributed by atoms with E-state index >= 15 is 0 Å². The Morgan fingerprint density at radius 3 is 2.87 bits per heavy atom. The lowest BCUT2D eigenvalue weighted by atomic mass is 9.89. The van der Waals surface area contributed by atoms with Gasteiger partial charge in [-0.2, -0.15) is 0 Å². The number of aryl methyl sites for hydroxylation is 1. The summed E-state index contributed by atoms with van der Waals surface area (Å²) in [5, 5.41) is 0. The molecule has 0 aliphatic heterocycles. The first-order valence-electron chi connectivity index (χ1n) is 5.86. The normalized spacial score (nSPS) is 30.7. The Morgan fingerprint density at radius 1 is 1.53 bits per heavy atom. The third kappa shape index (κ3) is 2.05. The summed E-state index contributed by atoms with van der Waals surface area (Å²) < 4.78 is 0. The summed E-state index contributed by atoms with van der Waals surface area (Å²) in [4.78, 5) is 4.34. The predicted molar refractivity (Wildman–Crippen MR) is 62.5 cm³/mol. The van der Waals surface area contributed by atoms with Crippen LogP contribution in [-0.2, 0) is 5.54 Å². The molecule has 2 unspecified atom stereocenters. The third-order valence-electron chi connectivity index (χ3n) is 3.72. The van der Waals surface area contributed by atoms with Gasteiger partial charge in [-0.15, -0.1) is 0 Å². The van der Waals surface area contributed by atoms with Gasteiger partial charge in [0, 0.05) is 17.4 Å². The quantitative estimate of drug-likeness (QED) is 0.804. The molecule has 2 atom stereocenters. The SMILES string of the molecule is CCC1CCC(N)(c2ccc(C)nc2)C1. The summed E-state index contributed by atoms with van der Waals surface area (Å²) in [6.45, 7) is 4.26. The Kier molecular flexibility index (Phi) is 2.79. The van der Waals surface area contributed by atoms with E-state index in [2.05, 4.69) is 24.0 Å².